The molecule has 1 aromatic carbocycles. The van der Waals surface area contributed by atoms with Crippen LogP contribution in [0.4, 0.5) is 4.39 Å². The third-order valence-corrected chi connectivity index (χ3v) is 4.91. The molecule has 18 heavy (non-hydrogen) atoms. The van der Waals surface area contributed by atoms with Gasteiger partial charge < -0.3 is 5.32 Å². The van der Waals surface area contributed by atoms with Gasteiger partial charge in [0.2, 0.25) is 0 Å². The first kappa shape index (κ1) is 13.9. The molecule has 1 N–H and O–H groups in total. The minimum Gasteiger partial charge on any atom is -0.307 e. The Hall–Kier alpha value is -0.540. The van der Waals surface area contributed by atoms with E-state index in [1.807, 2.05) is 23.9 Å². The zero-order chi connectivity index (χ0) is 13.0. The average molecular weight is 267 g/mol. The zero-order valence-corrected chi connectivity index (χ0v) is 12.0. The molecular formula is C15H22FNS. The molecule has 100 valence electrons. The van der Waals surface area contributed by atoms with Crippen molar-refractivity contribution in [1.82, 2.24) is 5.32 Å². The van der Waals surface area contributed by atoms with Gasteiger partial charge in [0.1, 0.15) is 5.82 Å². The smallest absolute Gasteiger partial charge is 0.127 e. The Balaban J connectivity index is 1.95. The first-order valence-electron chi connectivity index (χ1n) is 6.74. The third kappa shape index (κ3) is 3.48. The van der Waals surface area contributed by atoms with Gasteiger partial charge in [0.15, 0.2) is 0 Å². The van der Waals surface area contributed by atoms with Crippen molar-refractivity contribution in [2.75, 3.05) is 6.26 Å². The molecule has 0 saturated heterocycles. The third-order valence-electron chi connectivity index (χ3n) is 3.82. The van der Waals surface area contributed by atoms with Crippen LogP contribution in [0.3, 0.4) is 0 Å². The lowest BCUT2D eigenvalue weighted by atomic mass is 9.93. The van der Waals surface area contributed by atoms with Gasteiger partial charge in [0.05, 0.1) is 0 Å². The van der Waals surface area contributed by atoms with Gasteiger partial charge >= 0.3 is 0 Å². The number of halogens is 1. The quantitative estimate of drug-likeness (QED) is 0.879. The van der Waals surface area contributed by atoms with E-state index in [1.54, 1.807) is 12.1 Å². The Morgan fingerprint density at radius 3 is 2.83 bits per heavy atom. The van der Waals surface area contributed by atoms with E-state index in [-0.39, 0.29) is 11.9 Å². The molecule has 1 aliphatic rings. The Labute approximate surface area is 114 Å². The highest BCUT2D eigenvalue weighted by Crippen LogP contribution is 2.28. The predicted molar refractivity (Wildman–Crippen MR) is 77.5 cm³/mol. The summed E-state index contributed by atoms with van der Waals surface area (Å²) in [4.78, 5) is 0. The maximum Gasteiger partial charge on any atom is 0.127 e. The van der Waals surface area contributed by atoms with E-state index in [2.05, 4.69) is 18.5 Å². The minimum atomic E-state index is -0.102. The van der Waals surface area contributed by atoms with Crippen LogP contribution in [0.5, 0.6) is 0 Å². The maximum atomic E-state index is 13.7. The van der Waals surface area contributed by atoms with Gasteiger partial charge in [-0.1, -0.05) is 24.6 Å². The minimum absolute atomic E-state index is 0.0943. The molecule has 3 atom stereocenters. The van der Waals surface area contributed by atoms with Crippen molar-refractivity contribution in [3.8, 4) is 0 Å². The SMILES string of the molecule is CSC1CCCC(NC(C)c2ccccc2F)C1. The average Bonchev–Trinajstić information content (AvgIpc) is 2.39. The summed E-state index contributed by atoms with van der Waals surface area (Å²) in [5.41, 5.74) is 0.781. The topological polar surface area (TPSA) is 12.0 Å². The Morgan fingerprint density at radius 2 is 2.11 bits per heavy atom. The first-order chi connectivity index (χ1) is 8.70. The molecule has 3 heteroatoms. The fraction of sp³-hybridized carbons (Fsp3) is 0.600. The Bertz CT molecular complexity index is 383. The Morgan fingerprint density at radius 1 is 1.33 bits per heavy atom. The number of benzene rings is 1. The summed E-state index contributed by atoms with van der Waals surface area (Å²) in [5, 5.41) is 4.35. The van der Waals surface area contributed by atoms with Crippen molar-refractivity contribution >= 4 is 11.8 Å². The van der Waals surface area contributed by atoms with Crippen LogP contribution in [0.2, 0.25) is 0 Å². The number of hydrogen-bond acceptors (Lipinski definition) is 2. The molecule has 0 aromatic heterocycles. The molecule has 3 unspecified atom stereocenters. The van der Waals surface area contributed by atoms with Crippen LogP contribution in [0.25, 0.3) is 0 Å². The molecule has 0 radical (unpaired) electrons. The lowest BCUT2D eigenvalue weighted by molar-refractivity contribution is 0.349. The van der Waals surface area contributed by atoms with E-state index < -0.39 is 0 Å². The van der Waals surface area contributed by atoms with E-state index in [4.69, 9.17) is 0 Å². The number of nitrogens with one attached hydrogen (secondary N) is 1. The van der Waals surface area contributed by atoms with Crippen molar-refractivity contribution in [3.05, 3.63) is 35.6 Å². The van der Waals surface area contributed by atoms with Crippen LogP contribution in [0, 0.1) is 5.82 Å². The monoisotopic (exact) mass is 267 g/mol. The molecule has 0 heterocycles. The lowest BCUT2D eigenvalue weighted by Gasteiger charge is -2.31. The van der Waals surface area contributed by atoms with Gasteiger partial charge in [-0.3, -0.25) is 0 Å². The second-order valence-corrected chi connectivity index (χ2v) is 6.27. The molecule has 0 aliphatic heterocycles. The fourth-order valence-electron chi connectivity index (χ4n) is 2.78. The molecule has 1 aliphatic carbocycles. The summed E-state index contributed by atoms with van der Waals surface area (Å²) >= 11 is 1.96. The summed E-state index contributed by atoms with van der Waals surface area (Å²) < 4.78 is 13.7. The normalized spacial score (nSPS) is 25.9. The van der Waals surface area contributed by atoms with Crippen molar-refractivity contribution in [2.24, 2.45) is 0 Å². The van der Waals surface area contributed by atoms with Crippen LogP contribution in [0.1, 0.15) is 44.2 Å². The van der Waals surface area contributed by atoms with E-state index >= 15 is 0 Å². The van der Waals surface area contributed by atoms with Crippen LogP contribution < -0.4 is 5.32 Å². The van der Waals surface area contributed by atoms with Gasteiger partial charge in [0.25, 0.3) is 0 Å². The van der Waals surface area contributed by atoms with Crippen molar-refractivity contribution < 1.29 is 4.39 Å². The highest BCUT2D eigenvalue weighted by Gasteiger charge is 2.23. The van der Waals surface area contributed by atoms with Crippen molar-refractivity contribution in [3.63, 3.8) is 0 Å². The molecule has 1 saturated carbocycles. The lowest BCUT2D eigenvalue weighted by Crippen LogP contribution is -2.36. The van der Waals surface area contributed by atoms with Gasteiger partial charge in [-0.2, -0.15) is 11.8 Å². The molecule has 0 spiro atoms. The second kappa shape index (κ2) is 6.58. The highest BCUT2D eigenvalue weighted by atomic mass is 32.2. The number of hydrogen-bond donors (Lipinski definition) is 1. The number of thioether (sulfide) groups is 1. The highest BCUT2D eigenvalue weighted by molar-refractivity contribution is 7.99. The summed E-state index contributed by atoms with van der Waals surface area (Å²) in [6, 6.07) is 7.70. The molecule has 1 fully saturated rings. The van der Waals surface area contributed by atoms with Gasteiger partial charge in [0, 0.05) is 22.9 Å². The molecule has 1 nitrogen and oxygen atoms in total. The zero-order valence-electron chi connectivity index (χ0n) is 11.2. The van der Waals surface area contributed by atoms with Crippen LogP contribution in [0.15, 0.2) is 24.3 Å². The summed E-state index contributed by atoms with van der Waals surface area (Å²) in [5.74, 6) is -0.102. The second-order valence-electron chi connectivity index (χ2n) is 5.13. The van der Waals surface area contributed by atoms with Crippen molar-refractivity contribution in [1.29, 1.82) is 0 Å². The summed E-state index contributed by atoms with van der Waals surface area (Å²) in [7, 11) is 0. The largest absolute Gasteiger partial charge is 0.307 e. The van der Waals surface area contributed by atoms with Crippen molar-refractivity contribution in [2.45, 2.75) is 49.9 Å². The Kier molecular flexibility index (Phi) is 5.07. The van der Waals surface area contributed by atoms with E-state index in [9.17, 15) is 4.39 Å². The van der Waals surface area contributed by atoms with Gasteiger partial charge in [-0.25, -0.2) is 4.39 Å². The van der Waals surface area contributed by atoms with Crippen LogP contribution in [-0.2, 0) is 0 Å². The van der Waals surface area contributed by atoms with Crippen LogP contribution in [-0.4, -0.2) is 17.5 Å². The molecular weight excluding hydrogens is 245 g/mol. The van der Waals surface area contributed by atoms with Gasteiger partial charge in [-0.05, 0) is 38.5 Å². The summed E-state index contributed by atoms with van der Waals surface area (Å²) in [6.45, 7) is 2.06. The molecule has 2 rings (SSSR count). The first-order valence-corrected chi connectivity index (χ1v) is 8.02. The molecule has 1 aromatic rings. The summed E-state index contributed by atoms with van der Waals surface area (Å²) in [6.07, 6.45) is 7.23. The molecule has 0 amide bonds. The molecule has 0 bridgehead atoms. The van der Waals surface area contributed by atoms with E-state index in [1.165, 1.54) is 25.7 Å². The van der Waals surface area contributed by atoms with E-state index in [0.29, 0.717) is 6.04 Å². The maximum absolute atomic E-state index is 13.7. The van der Waals surface area contributed by atoms with E-state index in [0.717, 1.165) is 10.8 Å². The van der Waals surface area contributed by atoms with Gasteiger partial charge in [-0.15, -0.1) is 0 Å². The fourth-order valence-corrected chi connectivity index (χ4v) is 3.61. The predicted octanol–water partition coefficient (Wildman–Crippen LogP) is 4.15. The standard InChI is InChI=1S/C15H22FNS/c1-11(14-8-3-4-9-15(14)16)17-12-6-5-7-13(10-12)18-2/h3-4,8-9,11-13,17H,5-7,10H2,1-2H3. The van der Waals surface area contributed by atoms with Crippen LogP contribution >= 0.6 is 11.8 Å². The number of rotatable bonds is 4.